The quantitative estimate of drug-likeness (QED) is 0.843. The number of methoxy groups -OCH3 is 1. The molecule has 0 aliphatic carbocycles. The third-order valence-electron chi connectivity index (χ3n) is 6.21. The van der Waals surface area contributed by atoms with Gasteiger partial charge in [0, 0.05) is 19.6 Å². The number of fused-ring (bicyclic) bond motifs is 1. The molecule has 0 aromatic heterocycles. The van der Waals surface area contributed by atoms with Crippen LogP contribution in [0, 0.1) is 5.41 Å². The summed E-state index contributed by atoms with van der Waals surface area (Å²) in [7, 11) is 1.62. The third-order valence-corrected chi connectivity index (χ3v) is 6.21. The van der Waals surface area contributed by atoms with Crippen LogP contribution in [0.3, 0.4) is 0 Å². The van der Waals surface area contributed by atoms with E-state index in [4.69, 9.17) is 4.74 Å². The second kappa shape index (κ2) is 6.87. The molecule has 7 heteroatoms. The highest BCUT2D eigenvalue weighted by atomic mass is 16.5. The molecule has 7 nitrogen and oxygen atoms in total. The van der Waals surface area contributed by atoms with Gasteiger partial charge in [-0.2, -0.15) is 0 Å². The van der Waals surface area contributed by atoms with Crippen molar-refractivity contribution in [3.63, 3.8) is 0 Å². The summed E-state index contributed by atoms with van der Waals surface area (Å²) in [6.07, 6.45) is 2.75. The number of ether oxygens (including phenoxy) is 1. The highest BCUT2D eigenvalue weighted by molar-refractivity contribution is 5.95. The van der Waals surface area contributed by atoms with E-state index in [2.05, 4.69) is 5.32 Å². The molecule has 3 heterocycles. The molecule has 3 aliphatic rings. The molecule has 27 heavy (non-hydrogen) atoms. The highest BCUT2D eigenvalue weighted by Gasteiger charge is 2.51. The summed E-state index contributed by atoms with van der Waals surface area (Å²) in [5, 5.41) is 2.68. The van der Waals surface area contributed by atoms with Crippen molar-refractivity contribution >= 4 is 17.7 Å². The smallest absolute Gasteiger partial charge is 0.243 e. The van der Waals surface area contributed by atoms with Crippen molar-refractivity contribution < 1.29 is 19.1 Å². The number of piperidine rings is 1. The Morgan fingerprint density at radius 1 is 1.30 bits per heavy atom. The van der Waals surface area contributed by atoms with Crippen molar-refractivity contribution in [3.05, 3.63) is 29.8 Å². The Morgan fingerprint density at radius 2 is 2.07 bits per heavy atom. The van der Waals surface area contributed by atoms with Gasteiger partial charge in [0.1, 0.15) is 11.8 Å². The van der Waals surface area contributed by atoms with Crippen LogP contribution in [-0.2, 0) is 20.8 Å². The summed E-state index contributed by atoms with van der Waals surface area (Å²) in [5.41, 5.74) is 0.911. The van der Waals surface area contributed by atoms with Gasteiger partial charge in [-0.15, -0.1) is 0 Å². The van der Waals surface area contributed by atoms with E-state index in [1.165, 1.54) is 0 Å². The van der Waals surface area contributed by atoms with Crippen LogP contribution in [0.5, 0.6) is 5.75 Å². The van der Waals surface area contributed by atoms with Gasteiger partial charge in [-0.25, -0.2) is 0 Å². The van der Waals surface area contributed by atoms with E-state index >= 15 is 0 Å². The molecule has 1 aromatic rings. The number of hydrogen-bond donors (Lipinski definition) is 1. The fourth-order valence-corrected chi connectivity index (χ4v) is 4.60. The highest BCUT2D eigenvalue weighted by Crippen LogP contribution is 2.44. The molecule has 3 fully saturated rings. The number of hydrogen-bond acceptors (Lipinski definition) is 4. The number of carbonyl (C=O) groups is 3. The molecule has 0 saturated carbocycles. The van der Waals surface area contributed by atoms with Gasteiger partial charge >= 0.3 is 0 Å². The zero-order chi connectivity index (χ0) is 19.0. The summed E-state index contributed by atoms with van der Waals surface area (Å²) in [6.45, 7) is 2.11. The second-order valence-corrected chi connectivity index (χ2v) is 7.87. The van der Waals surface area contributed by atoms with Gasteiger partial charge in [-0.05, 0) is 42.4 Å². The predicted octanol–water partition coefficient (Wildman–Crippen LogP) is 0.577. The van der Waals surface area contributed by atoms with E-state index in [1.807, 2.05) is 29.2 Å². The first-order chi connectivity index (χ1) is 13.0. The Hall–Kier alpha value is -2.57. The third kappa shape index (κ3) is 3.38. The maximum atomic E-state index is 12.7. The molecule has 1 N–H and O–H groups in total. The molecule has 0 radical (unpaired) electrons. The lowest BCUT2D eigenvalue weighted by Crippen LogP contribution is -2.55. The summed E-state index contributed by atoms with van der Waals surface area (Å²) < 4.78 is 5.22. The van der Waals surface area contributed by atoms with Crippen LogP contribution in [0.2, 0.25) is 0 Å². The minimum Gasteiger partial charge on any atom is -0.497 e. The second-order valence-electron chi connectivity index (χ2n) is 7.87. The molecule has 1 aromatic carbocycles. The van der Waals surface area contributed by atoms with E-state index in [-0.39, 0.29) is 35.7 Å². The van der Waals surface area contributed by atoms with E-state index < -0.39 is 0 Å². The first-order valence-corrected chi connectivity index (χ1v) is 9.48. The standard InChI is InChI=1S/C20H25N3O4/c1-27-15-4-2-3-14(9-15)10-17(24)22-7-5-20(6-8-22)11-16-19(26)21-12-18(25)23(16)13-20/h2-4,9,16H,5-8,10-13H2,1H3,(H,21,26). The van der Waals surface area contributed by atoms with E-state index in [0.29, 0.717) is 32.5 Å². The van der Waals surface area contributed by atoms with Gasteiger partial charge in [-0.1, -0.05) is 12.1 Å². The topological polar surface area (TPSA) is 79.0 Å². The molecule has 3 amide bonds. The molecule has 3 saturated heterocycles. The largest absolute Gasteiger partial charge is 0.497 e. The number of nitrogens with one attached hydrogen (secondary N) is 1. The summed E-state index contributed by atoms with van der Waals surface area (Å²) in [5.74, 6) is 0.835. The van der Waals surface area contributed by atoms with Crippen molar-refractivity contribution in [1.29, 1.82) is 0 Å². The zero-order valence-electron chi connectivity index (χ0n) is 15.6. The van der Waals surface area contributed by atoms with Crippen molar-refractivity contribution in [1.82, 2.24) is 15.1 Å². The molecular weight excluding hydrogens is 346 g/mol. The number of rotatable bonds is 3. The molecule has 1 spiro atoms. The van der Waals surface area contributed by atoms with Crippen molar-refractivity contribution in [3.8, 4) is 5.75 Å². The number of nitrogens with zero attached hydrogens (tertiary/aromatic N) is 2. The number of carbonyl (C=O) groups excluding carboxylic acids is 3. The molecule has 1 unspecified atom stereocenters. The van der Waals surface area contributed by atoms with Crippen molar-refractivity contribution in [2.75, 3.05) is 33.3 Å². The van der Waals surface area contributed by atoms with Gasteiger partial charge in [-0.3, -0.25) is 14.4 Å². The Labute approximate surface area is 158 Å². The van der Waals surface area contributed by atoms with Crippen LogP contribution >= 0.6 is 0 Å². The van der Waals surface area contributed by atoms with Crippen LogP contribution in [0.25, 0.3) is 0 Å². The molecule has 144 valence electrons. The molecule has 4 rings (SSSR count). The Morgan fingerprint density at radius 3 is 2.78 bits per heavy atom. The number of amides is 3. The first-order valence-electron chi connectivity index (χ1n) is 9.48. The number of likely N-dealkylation sites (tertiary alicyclic amines) is 1. The van der Waals surface area contributed by atoms with Gasteiger partial charge in [0.05, 0.1) is 20.1 Å². The fraction of sp³-hybridized carbons (Fsp3) is 0.550. The monoisotopic (exact) mass is 371 g/mol. The minimum absolute atomic E-state index is 0.00741. The van der Waals surface area contributed by atoms with Crippen molar-refractivity contribution in [2.24, 2.45) is 5.41 Å². The van der Waals surface area contributed by atoms with Gasteiger partial charge < -0.3 is 19.9 Å². The average Bonchev–Trinajstić information content (AvgIpc) is 3.06. The minimum atomic E-state index is -0.328. The van der Waals surface area contributed by atoms with Crippen LogP contribution in [0.15, 0.2) is 24.3 Å². The van der Waals surface area contributed by atoms with Crippen LogP contribution in [-0.4, -0.2) is 66.9 Å². The molecular formula is C20H25N3O4. The van der Waals surface area contributed by atoms with Crippen LogP contribution in [0.1, 0.15) is 24.8 Å². The van der Waals surface area contributed by atoms with E-state index in [0.717, 1.165) is 24.2 Å². The lowest BCUT2D eigenvalue weighted by molar-refractivity contribution is -0.143. The van der Waals surface area contributed by atoms with Crippen LogP contribution < -0.4 is 10.1 Å². The average molecular weight is 371 g/mol. The van der Waals surface area contributed by atoms with E-state index in [9.17, 15) is 14.4 Å². The summed E-state index contributed by atoms with van der Waals surface area (Å²) >= 11 is 0. The summed E-state index contributed by atoms with van der Waals surface area (Å²) in [4.78, 5) is 40.5. The number of piperazine rings is 1. The first kappa shape index (κ1) is 17.8. The Kier molecular flexibility index (Phi) is 4.53. The van der Waals surface area contributed by atoms with Crippen LogP contribution in [0.4, 0.5) is 0 Å². The molecule has 0 bridgehead atoms. The Balaban J connectivity index is 1.37. The molecule has 1 atom stereocenters. The SMILES string of the molecule is COc1cccc(CC(=O)N2CCC3(CC2)CC2C(=O)NCC(=O)N2C3)c1. The lowest BCUT2D eigenvalue weighted by atomic mass is 9.76. The van der Waals surface area contributed by atoms with Gasteiger partial charge in [0.2, 0.25) is 17.7 Å². The maximum Gasteiger partial charge on any atom is 0.243 e. The summed E-state index contributed by atoms with van der Waals surface area (Å²) in [6, 6.07) is 7.26. The number of benzene rings is 1. The zero-order valence-corrected chi connectivity index (χ0v) is 15.6. The lowest BCUT2D eigenvalue weighted by Gasteiger charge is -2.39. The van der Waals surface area contributed by atoms with Gasteiger partial charge in [0.25, 0.3) is 0 Å². The Bertz CT molecular complexity index is 744. The molecule has 3 aliphatic heterocycles. The predicted molar refractivity (Wildman–Crippen MR) is 98.1 cm³/mol. The fourth-order valence-electron chi connectivity index (χ4n) is 4.60. The van der Waals surface area contributed by atoms with Gasteiger partial charge in [0.15, 0.2) is 0 Å². The van der Waals surface area contributed by atoms with Crippen molar-refractivity contribution in [2.45, 2.75) is 31.7 Å². The van der Waals surface area contributed by atoms with E-state index in [1.54, 1.807) is 12.0 Å². The maximum absolute atomic E-state index is 12.7. The normalized spacial score (nSPS) is 24.0.